The lowest BCUT2D eigenvalue weighted by atomic mass is 10.1. The molecule has 0 saturated carbocycles. The first-order valence-electron chi connectivity index (χ1n) is 10.7. The number of aliphatic hydroxyl groups is 1. The molecule has 5 rings (SSSR count). The number of amides is 1. The lowest BCUT2D eigenvalue weighted by Crippen LogP contribution is -2.40. The molecule has 0 aliphatic carbocycles. The molecule has 2 aliphatic heterocycles. The fourth-order valence-electron chi connectivity index (χ4n) is 4.09. The van der Waals surface area contributed by atoms with Gasteiger partial charge in [0.1, 0.15) is 11.3 Å². The summed E-state index contributed by atoms with van der Waals surface area (Å²) in [5.74, 6) is 1.25. The molecule has 4 heterocycles. The van der Waals surface area contributed by atoms with Gasteiger partial charge >= 0.3 is 0 Å². The van der Waals surface area contributed by atoms with Gasteiger partial charge in [-0.15, -0.1) is 0 Å². The van der Waals surface area contributed by atoms with E-state index < -0.39 is 0 Å². The molecule has 0 radical (unpaired) electrons. The predicted octanol–water partition coefficient (Wildman–Crippen LogP) is 3.61. The van der Waals surface area contributed by atoms with Crippen molar-refractivity contribution in [3.05, 3.63) is 65.9 Å². The van der Waals surface area contributed by atoms with Crippen LogP contribution in [0.5, 0.6) is 0 Å². The maximum Gasteiger partial charge on any atom is 0.255 e. The van der Waals surface area contributed by atoms with Gasteiger partial charge in [-0.25, -0.2) is 0 Å². The van der Waals surface area contributed by atoms with Crippen LogP contribution in [0.15, 0.2) is 59.0 Å². The molecule has 7 heteroatoms. The smallest absolute Gasteiger partial charge is 0.255 e. The van der Waals surface area contributed by atoms with Crippen LogP contribution in [-0.2, 0) is 11.2 Å². The molecule has 3 aromatic rings. The molecule has 160 valence electrons. The number of carbonyl (C=O) groups is 1. The van der Waals surface area contributed by atoms with Gasteiger partial charge in [-0.05, 0) is 48.9 Å². The lowest BCUT2D eigenvalue weighted by Gasteiger charge is -2.26. The Morgan fingerprint density at radius 1 is 1.10 bits per heavy atom. The Hall–Kier alpha value is -3.32. The van der Waals surface area contributed by atoms with Crippen LogP contribution in [0, 0.1) is 0 Å². The number of pyridine rings is 1. The Morgan fingerprint density at radius 3 is 2.71 bits per heavy atom. The van der Waals surface area contributed by atoms with Crippen LogP contribution in [0.1, 0.15) is 22.5 Å². The highest BCUT2D eigenvalue weighted by Crippen LogP contribution is 2.26. The number of aliphatic hydroxyl groups excluding tert-OH is 1. The number of morpholine rings is 1. The maximum atomic E-state index is 12.6. The molecular weight excluding hydrogens is 394 g/mol. The number of carbonyl (C=O) groups excluding carboxylic acids is 1. The first kappa shape index (κ1) is 19.6. The molecule has 1 aromatic carbocycles. The third-order valence-electron chi connectivity index (χ3n) is 5.85. The molecule has 2 aromatic heterocycles. The number of nitrogens with zero attached hydrogens (tertiary/aromatic N) is 3. The zero-order valence-electron chi connectivity index (χ0n) is 17.3. The fourth-order valence-corrected chi connectivity index (χ4v) is 4.09. The molecule has 2 aliphatic rings. The van der Waals surface area contributed by atoms with Crippen molar-refractivity contribution in [2.75, 3.05) is 39.4 Å². The van der Waals surface area contributed by atoms with E-state index in [9.17, 15) is 9.90 Å². The van der Waals surface area contributed by atoms with Crippen molar-refractivity contribution in [2.45, 2.75) is 12.8 Å². The summed E-state index contributed by atoms with van der Waals surface area (Å²) < 4.78 is 11.3. The Kier molecular flexibility index (Phi) is 5.34. The Morgan fingerprint density at radius 2 is 1.97 bits per heavy atom. The van der Waals surface area contributed by atoms with Gasteiger partial charge in [0, 0.05) is 49.7 Å². The summed E-state index contributed by atoms with van der Waals surface area (Å²) in [5.41, 5.74) is 3.22. The van der Waals surface area contributed by atoms with Gasteiger partial charge in [-0.2, -0.15) is 0 Å². The van der Waals surface area contributed by atoms with E-state index in [1.165, 1.54) is 0 Å². The van der Waals surface area contributed by atoms with Gasteiger partial charge < -0.3 is 24.1 Å². The number of hydrogen-bond donors (Lipinski definition) is 1. The number of benzene rings is 1. The van der Waals surface area contributed by atoms with E-state index >= 15 is 0 Å². The standard InChI is InChI=1S/C24H25N3O4/c28-23-2-1-8-26(23)9-7-20-15-19-14-17(4-6-22(19)31-20)21-5-3-18(16-25-21)24(29)27-10-12-30-13-11-27/h2-6,14-16,28H,1,7-13H2. The lowest BCUT2D eigenvalue weighted by molar-refractivity contribution is 0.0302. The van der Waals surface area contributed by atoms with E-state index in [2.05, 4.69) is 11.1 Å². The van der Waals surface area contributed by atoms with Crippen molar-refractivity contribution in [1.29, 1.82) is 0 Å². The van der Waals surface area contributed by atoms with Gasteiger partial charge in [0.05, 0.1) is 24.5 Å². The van der Waals surface area contributed by atoms with Crippen LogP contribution >= 0.6 is 0 Å². The first-order chi connectivity index (χ1) is 15.2. The Balaban J connectivity index is 1.29. The average molecular weight is 419 g/mol. The highest BCUT2D eigenvalue weighted by atomic mass is 16.5. The number of hydrogen-bond acceptors (Lipinski definition) is 6. The number of aromatic nitrogens is 1. The van der Waals surface area contributed by atoms with Crippen molar-refractivity contribution >= 4 is 16.9 Å². The summed E-state index contributed by atoms with van der Waals surface area (Å²) in [6.07, 6.45) is 5.11. The quantitative estimate of drug-likeness (QED) is 0.681. The summed E-state index contributed by atoms with van der Waals surface area (Å²) in [4.78, 5) is 20.9. The van der Waals surface area contributed by atoms with Gasteiger partial charge in [0.15, 0.2) is 5.88 Å². The maximum absolute atomic E-state index is 12.6. The number of ether oxygens (including phenoxy) is 1. The largest absolute Gasteiger partial charge is 0.495 e. The summed E-state index contributed by atoms with van der Waals surface area (Å²) in [7, 11) is 0. The van der Waals surface area contributed by atoms with Crippen molar-refractivity contribution in [1.82, 2.24) is 14.8 Å². The number of rotatable bonds is 5. The van der Waals surface area contributed by atoms with E-state index in [4.69, 9.17) is 9.15 Å². The molecule has 0 spiro atoms. The summed E-state index contributed by atoms with van der Waals surface area (Å²) in [5, 5.41) is 10.8. The highest BCUT2D eigenvalue weighted by Gasteiger charge is 2.19. The zero-order chi connectivity index (χ0) is 21.2. The van der Waals surface area contributed by atoms with Gasteiger partial charge in [0.25, 0.3) is 5.91 Å². The van der Waals surface area contributed by atoms with Crippen molar-refractivity contribution in [2.24, 2.45) is 0 Å². The minimum atomic E-state index is -0.00355. The third kappa shape index (κ3) is 4.14. The van der Waals surface area contributed by atoms with E-state index in [0.717, 1.165) is 53.9 Å². The minimum absolute atomic E-state index is 0.00355. The minimum Gasteiger partial charge on any atom is -0.495 e. The normalized spacial score (nSPS) is 16.7. The summed E-state index contributed by atoms with van der Waals surface area (Å²) >= 11 is 0. The van der Waals surface area contributed by atoms with Crippen LogP contribution in [-0.4, -0.2) is 65.2 Å². The second kappa shape index (κ2) is 8.43. The summed E-state index contributed by atoms with van der Waals surface area (Å²) in [6.45, 7) is 3.99. The van der Waals surface area contributed by atoms with Gasteiger partial charge in [-0.3, -0.25) is 9.78 Å². The van der Waals surface area contributed by atoms with Crippen LogP contribution < -0.4 is 0 Å². The van der Waals surface area contributed by atoms with Crippen LogP contribution in [0.3, 0.4) is 0 Å². The van der Waals surface area contributed by atoms with Gasteiger partial charge in [0.2, 0.25) is 0 Å². The van der Waals surface area contributed by atoms with Crippen molar-refractivity contribution in [3.8, 4) is 11.3 Å². The molecule has 1 fully saturated rings. The zero-order valence-corrected chi connectivity index (χ0v) is 17.3. The van der Waals surface area contributed by atoms with Crippen LogP contribution in [0.4, 0.5) is 0 Å². The molecular formula is C24H25N3O4. The second-order valence-electron chi connectivity index (χ2n) is 7.89. The Labute approximate surface area is 180 Å². The fraction of sp³-hybridized carbons (Fsp3) is 0.333. The molecule has 0 unspecified atom stereocenters. The molecule has 1 saturated heterocycles. The van der Waals surface area contributed by atoms with E-state index in [1.54, 1.807) is 11.1 Å². The monoisotopic (exact) mass is 419 g/mol. The highest BCUT2D eigenvalue weighted by molar-refractivity contribution is 5.94. The van der Waals surface area contributed by atoms with E-state index in [1.807, 2.05) is 41.3 Å². The molecule has 7 nitrogen and oxygen atoms in total. The van der Waals surface area contributed by atoms with Crippen LogP contribution in [0.25, 0.3) is 22.2 Å². The Bertz CT molecular complexity index is 1110. The molecule has 31 heavy (non-hydrogen) atoms. The third-order valence-corrected chi connectivity index (χ3v) is 5.85. The molecule has 1 amide bonds. The summed E-state index contributed by atoms with van der Waals surface area (Å²) in [6, 6.07) is 11.8. The van der Waals surface area contributed by atoms with Crippen LogP contribution in [0.2, 0.25) is 0 Å². The second-order valence-corrected chi connectivity index (χ2v) is 7.89. The van der Waals surface area contributed by atoms with Crippen molar-refractivity contribution in [3.63, 3.8) is 0 Å². The number of fused-ring (bicyclic) bond motifs is 1. The van der Waals surface area contributed by atoms with E-state index in [0.29, 0.717) is 37.7 Å². The van der Waals surface area contributed by atoms with Gasteiger partial charge in [-0.1, -0.05) is 0 Å². The van der Waals surface area contributed by atoms with Crippen molar-refractivity contribution < 1.29 is 19.1 Å². The predicted molar refractivity (Wildman–Crippen MR) is 117 cm³/mol. The average Bonchev–Trinajstić information content (AvgIpc) is 3.42. The molecule has 0 atom stereocenters. The number of furan rings is 1. The molecule has 1 N–H and O–H groups in total. The topological polar surface area (TPSA) is 79.0 Å². The molecule has 0 bridgehead atoms. The first-order valence-corrected chi connectivity index (χ1v) is 10.7. The van der Waals surface area contributed by atoms with E-state index in [-0.39, 0.29) is 5.91 Å². The SMILES string of the molecule is O=C(c1ccc(-c2ccc3oc(CCN4CCC=C4O)cc3c2)nc1)N1CCOCC1.